The number of nitrogens with zero attached hydrogens (tertiary/aromatic N) is 2. The third kappa shape index (κ3) is 4.17. The summed E-state index contributed by atoms with van der Waals surface area (Å²) in [5, 5.41) is 6.74. The van der Waals surface area contributed by atoms with Crippen molar-refractivity contribution in [3.63, 3.8) is 0 Å². The zero-order valence-corrected chi connectivity index (χ0v) is 14.1. The van der Waals surface area contributed by atoms with Crippen LogP contribution in [0.25, 0.3) is 11.3 Å². The van der Waals surface area contributed by atoms with Crippen molar-refractivity contribution in [1.82, 2.24) is 15.4 Å². The third-order valence-corrected chi connectivity index (χ3v) is 4.40. The Bertz CT molecular complexity index is 721. The molecule has 1 N–H and O–H groups in total. The SMILES string of the molecule is COC(=O)N1CCC(CNC(=O)c2cc(-c3ccccc3)on2)CC1. The molecule has 7 nitrogen and oxygen atoms in total. The van der Waals surface area contributed by atoms with E-state index in [9.17, 15) is 9.59 Å². The van der Waals surface area contributed by atoms with Gasteiger partial charge in [0.15, 0.2) is 11.5 Å². The van der Waals surface area contributed by atoms with Crippen LogP contribution in [-0.4, -0.2) is 48.8 Å². The number of likely N-dealkylation sites (tertiary alicyclic amines) is 1. The molecular weight excluding hydrogens is 322 g/mol. The van der Waals surface area contributed by atoms with Crippen molar-refractivity contribution in [2.75, 3.05) is 26.7 Å². The molecule has 1 aliphatic rings. The van der Waals surface area contributed by atoms with Crippen molar-refractivity contribution in [2.45, 2.75) is 12.8 Å². The van der Waals surface area contributed by atoms with Gasteiger partial charge in [0.25, 0.3) is 5.91 Å². The van der Waals surface area contributed by atoms with Gasteiger partial charge in [0, 0.05) is 31.3 Å². The van der Waals surface area contributed by atoms with E-state index in [1.807, 2.05) is 30.3 Å². The van der Waals surface area contributed by atoms with Crippen molar-refractivity contribution < 1.29 is 18.8 Å². The van der Waals surface area contributed by atoms with Gasteiger partial charge in [0.2, 0.25) is 0 Å². The summed E-state index contributed by atoms with van der Waals surface area (Å²) in [4.78, 5) is 25.4. The number of ether oxygens (including phenoxy) is 1. The van der Waals surface area contributed by atoms with Crippen LogP contribution in [0.1, 0.15) is 23.3 Å². The van der Waals surface area contributed by atoms with E-state index in [1.165, 1.54) is 7.11 Å². The summed E-state index contributed by atoms with van der Waals surface area (Å²) >= 11 is 0. The lowest BCUT2D eigenvalue weighted by molar-refractivity contribution is 0.0906. The van der Waals surface area contributed by atoms with E-state index >= 15 is 0 Å². The largest absolute Gasteiger partial charge is 0.453 e. The molecule has 0 atom stereocenters. The van der Waals surface area contributed by atoms with Gasteiger partial charge in [-0.05, 0) is 18.8 Å². The quantitative estimate of drug-likeness (QED) is 0.922. The minimum absolute atomic E-state index is 0.249. The number of benzene rings is 1. The Morgan fingerprint density at radius 2 is 2.00 bits per heavy atom. The first-order valence-corrected chi connectivity index (χ1v) is 8.30. The molecule has 1 aromatic carbocycles. The Balaban J connectivity index is 1.49. The van der Waals surface area contributed by atoms with Gasteiger partial charge in [-0.3, -0.25) is 4.79 Å². The first-order valence-electron chi connectivity index (χ1n) is 8.30. The highest BCUT2D eigenvalue weighted by Crippen LogP contribution is 2.20. The zero-order valence-electron chi connectivity index (χ0n) is 14.1. The molecule has 0 bridgehead atoms. The lowest BCUT2D eigenvalue weighted by Crippen LogP contribution is -2.41. The van der Waals surface area contributed by atoms with Gasteiger partial charge in [-0.15, -0.1) is 0 Å². The Morgan fingerprint density at radius 3 is 2.68 bits per heavy atom. The van der Waals surface area contributed by atoms with Crippen molar-refractivity contribution >= 4 is 12.0 Å². The Hall–Kier alpha value is -2.83. The van der Waals surface area contributed by atoms with Crippen molar-refractivity contribution in [3.8, 4) is 11.3 Å². The predicted molar refractivity (Wildman–Crippen MR) is 91.0 cm³/mol. The minimum atomic E-state index is -0.293. The standard InChI is InChI=1S/C18H21N3O4/c1-24-18(23)21-9-7-13(8-10-21)12-19-17(22)15-11-16(25-20-15)14-5-3-2-4-6-14/h2-6,11,13H,7-10,12H2,1H3,(H,19,22). The maximum atomic E-state index is 12.2. The molecule has 3 rings (SSSR count). The molecule has 2 heterocycles. The van der Waals surface area contributed by atoms with E-state index in [-0.39, 0.29) is 17.7 Å². The van der Waals surface area contributed by atoms with Crippen LogP contribution in [-0.2, 0) is 4.74 Å². The molecule has 1 fully saturated rings. The number of hydrogen-bond acceptors (Lipinski definition) is 5. The summed E-state index contributed by atoms with van der Waals surface area (Å²) in [7, 11) is 1.39. The van der Waals surface area contributed by atoms with E-state index in [0.29, 0.717) is 31.3 Å². The highest BCUT2D eigenvalue weighted by molar-refractivity contribution is 5.93. The zero-order chi connectivity index (χ0) is 17.6. The smallest absolute Gasteiger partial charge is 0.409 e. The van der Waals surface area contributed by atoms with Gasteiger partial charge in [-0.2, -0.15) is 0 Å². The summed E-state index contributed by atoms with van der Waals surface area (Å²) < 4.78 is 9.97. The topological polar surface area (TPSA) is 84.7 Å². The van der Waals surface area contributed by atoms with Crippen LogP contribution in [0.4, 0.5) is 4.79 Å². The molecule has 0 spiro atoms. The molecule has 1 aliphatic heterocycles. The second kappa shape index (κ2) is 7.83. The van der Waals surface area contributed by atoms with Crippen LogP contribution in [0.5, 0.6) is 0 Å². The van der Waals surface area contributed by atoms with Gasteiger partial charge in [0.1, 0.15) is 0 Å². The minimum Gasteiger partial charge on any atom is -0.453 e. The maximum Gasteiger partial charge on any atom is 0.409 e. The molecule has 0 saturated carbocycles. The average Bonchev–Trinajstić information content (AvgIpc) is 3.17. The second-order valence-corrected chi connectivity index (χ2v) is 6.05. The monoisotopic (exact) mass is 343 g/mol. The Kier molecular flexibility index (Phi) is 5.33. The van der Waals surface area contributed by atoms with Gasteiger partial charge in [-0.25, -0.2) is 4.79 Å². The van der Waals surface area contributed by atoms with E-state index in [1.54, 1.807) is 11.0 Å². The molecule has 1 aromatic heterocycles. The van der Waals surface area contributed by atoms with Gasteiger partial charge in [-0.1, -0.05) is 35.5 Å². The highest BCUT2D eigenvalue weighted by atomic mass is 16.5. The van der Waals surface area contributed by atoms with Crippen LogP contribution in [0.2, 0.25) is 0 Å². The molecule has 132 valence electrons. The average molecular weight is 343 g/mol. The highest BCUT2D eigenvalue weighted by Gasteiger charge is 2.24. The summed E-state index contributed by atoms with van der Waals surface area (Å²) in [5.74, 6) is 0.656. The summed E-state index contributed by atoms with van der Waals surface area (Å²) in [5.41, 5.74) is 1.15. The fourth-order valence-corrected chi connectivity index (χ4v) is 2.90. The summed E-state index contributed by atoms with van der Waals surface area (Å²) in [6.07, 6.45) is 1.38. The predicted octanol–water partition coefficient (Wildman–Crippen LogP) is 2.55. The van der Waals surface area contributed by atoms with Crippen molar-refractivity contribution in [3.05, 3.63) is 42.1 Å². The lowest BCUT2D eigenvalue weighted by atomic mass is 9.97. The number of nitrogens with one attached hydrogen (secondary N) is 1. The lowest BCUT2D eigenvalue weighted by Gasteiger charge is -2.30. The van der Waals surface area contributed by atoms with Crippen LogP contribution in [0, 0.1) is 5.92 Å². The first kappa shape index (κ1) is 17.0. The molecule has 2 aromatic rings. The Morgan fingerprint density at radius 1 is 1.28 bits per heavy atom. The number of rotatable bonds is 4. The van der Waals surface area contributed by atoms with Crippen molar-refractivity contribution in [1.29, 1.82) is 0 Å². The summed E-state index contributed by atoms with van der Waals surface area (Å²) in [6.45, 7) is 1.85. The third-order valence-electron chi connectivity index (χ3n) is 4.40. The molecular formula is C18H21N3O4. The molecule has 0 radical (unpaired) electrons. The molecule has 2 amide bonds. The normalized spacial score (nSPS) is 15.0. The van der Waals surface area contributed by atoms with E-state index in [4.69, 9.17) is 9.26 Å². The molecule has 0 unspecified atom stereocenters. The van der Waals surface area contributed by atoms with Gasteiger partial charge in [0.05, 0.1) is 7.11 Å². The van der Waals surface area contributed by atoms with Gasteiger partial charge >= 0.3 is 6.09 Å². The summed E-state index contributed by atoms with van der Waals surface area (Å²) in [6, 6.07) is 11.2. The van der Waals surface area contributed by atoms with Crippen molar-refractivity contribution in [2.24, 2.45) is 5.92 Å². The molecule has 0 aliphatic carbocycles. The number of amides is 2. The van der Waals surface area contributed by atoms with E-state index in [0.717, 1.165) is 18.4 Å². The van der Waals surface area contributed by atoms with Gasteiger partial charge < -0.3 is 19.5 Å². The second-order valence-electron chi connectivity index (χ2n) is 6.05. The number of piperidine rings is 1. The number of aromatic nitrogens is 1. The first-order chi connectivity index (χ1) is 12.2. The fourth-order valence-electron chi connectivity index (χ4n) is 2.90. The number of methoxy groups -OCH3 is 1. The number of carbonyl (C=O) groups excluding carboxylic acids is 2. The van der Waals surface area contributed by atoms with E-state index < -0.39 is 0 Å². The molecule has 1 saturated heterocycles. The molecule has 7 heteroatoms. The van der Waals surface area contributed by atoms with Crippen LogP contribution in [0.3, 0.4) is 0 Å². The van der Waals surface area contributed by atoms with E-state index in [2.05, 4.69) is 10.5 Å². The van der Waals surface area contributed by atoms with Crippen LogP contribution in [0.15, 0.2) is 40.9 Å². The fraction of sp³-hybridized carbons (Fsp3) is 0.389. The number of hydrogen-bond donors (Lipinski definition) is 1. The van der Waals surface area contributed by atoms with Crippen LogP contribution < -0.4 is 5.32 Å². The molecule has 25 heavy (non-hydrogen) atoms. The Labute approximate surface area is 145 Å². The maximum absolute atomic E-state index is 12.2. The number of carbonyl (C=O) groups is 2. The van der Waals surface area contributed by atoms with Crippen LogP contribution >= 0.6 is 0 Å².